The molecule has 0 saturated heterocycles. The van der Waals surface area contributed by atoms with Crippen LogP contribution >= 0.6 is 0 Å². The van der Waals surface area contributed by atoms with Crippen LogP contribution in [0.15, 0.2) is 12.4 Å². The summed E-state index contributed by atoms with van der Waals surface area (Å²) >= 11 is 0. The molecule has 0 aliphatic heterocycles. The number of hydrogen-bond donors (Lipinski definition) is 2. The third-order valence-corrected chi connectivity index (χ3v) is 4.87. The van der Waals surface area contributed by atoms with Crippen LogP contribution in [0.5, 0.6) is 0 Å². The molecule has 1 saturated carbocycles. The van der Waals surface area contributed by atoms with Crippen LogP contribution in [0, 0.1) is 5.92 Å². The van der Waals surface area contributed by atoms with Gasteiger partial charge < -0.3 is 15.0 Å². The molecule has 0 bridgehead atoms. The Bertz CT molecular complexity index is 565. The highest BCUT2D eigenvalue weighted by Crippen LogP contribution is 2.40. The molecule has 1 aliphatic rings. The molecule has 1 aliphatic carbocycles. The molecular weight excluding hydrogens is 323 g/mol. The highest BCUT2D eigenvalue weighted by Gasteiger charge is 2.58. The van der Waals surface area contributed by atoms with E-state index in [-0.39, 0.29) is 6.04 Å². The van der Waals surface area contributed by atoms with Crippen molar-refractivity contribution >= 4 is 5.91 Å². The summed E-state index contributed by atoms with van der Waals surface area (Å²) in [6, 6.07) is -0.126. The fourth-order valence-electron chi connectivity index (χ4n) is 3.30. The number of nitrogens with one attached hydrogen (secondary N) is 1. The molecule has 8 heteroatoms. The molecule has 1 atom stereocenters. The van der Waals surface area contributed by atoms with Crippen molar-refractivity contribution in [2.75, 3.05) is 0 Å². The minimum atomic E-state index is -5.00. The van der Waals surface area contributed by atoms with Gasteiger partial charge in [-0.1, -0.05) is 13.3 Å². The molecule has 1 fully saturated rings. The van der Waals surface area contributed by atoms with E-state index in [1.807, 2.05) is 0 Å². The highest BCUT2D eigenvalue weighted by molar-refractivity contribution is 5.77. The molecule has 1 unspecified atom stereocenters. The lowest BCUT2D eigenvalue weighted by Crippen LogP contribution is -2.49. The molecule has 2 N–H and O–H groups in total. The average molecular weight is 347 g/mol. The van der Waals surface area contributed by atoms with Gasteiger partial charge in [0.2, 0.25) is 11.5 Å². The van der Waals surface area contributed by atoms with Crippen molar-refractivity contribution in [1.29, 1.82) is 0 Å². The number of hydrogen-bond acceptors (Lipinski definition) is 3. The van der Waals surface area contributed by atoms with Crippen molar-refractivity contribution < 1.29 is 23.1 Å². The molecule has 1 aromatic heterocycles. The van der Waals surface area contributed by atoms with Crippen molar-refractivity contribution in [2.24, 2.45) is 13.0 Å². The molecule has 0 aromatic carbocycles. The number of alkyl halides is 3. The fourth-order valence-corrected chi connectivity index (χ4v) is 3.30. The van der Waals surface area contributed by atoms with Crippen LogP contribution in [0.1, 0.15) is 51.3 Å². The van der Waals surface area contributed by atoms with Crippen LogP contribution in [-0.4, -0.2) is 32.8 Å². The van der Waals surface area contributed by atoms with E-state index < -0.39 is 29.9 Å². The van der Waals surface area contributed by atoms with Gasteiger partial charge in [-0.2, -0.15) is 13.2 Å². The number of carbonyl (C=O) groups is 1. The Labute approximate surface area is 139 Å². The van der Waals surface area contributed by atoms with Crippen LogP contribution in [0.4, 0.5) is 13.2 Å². The van der Waals surface area contributed by atoms with Crippen LogP contribution in [0.3, 0.4) is 0 Å². The van der Waals surface area contributed by atoms with E-state index in [0.29, 0.717) is 5.92 Å². The molecule has 1 heterocycles. The van der Waals surface area contributed by atoms with Crippen LogP contribution in [0.2, 0.25) is 0 Å². The van der Waals surface area contributed by atoms with E-state index >= 15 is 0 Å². The van der Waals surface area contributed by atoms with Gasteiger partial charge in [0.25, 0.3) is 0 Å². The number of carbonyl (C=O) groups excluding carboxylic acids is 1. The highest BCUT2D eigenvalue weighted by atomic mass is 19.4. The first-order valence-electron chi connectivity index (χ1n) is 8.23. The normalized spacial score (nSPS) is 24.4. The molecule has 2 rings (SSSR count). The number of rotatable bonds is 5. The maximum absolute atomic E-state index is 13.4. The third kappa shape index (κ3) is 3.91. The molecule has 0 spiro atoms. The number of aromatic nitrogens is 2. The molecule has 5 nitrogen and oxygen atoms in total. The second kappa shape index (κ2) is 7.13. The molecule has 136 valence electrons. The van der Waals surface area contributed by atoms with Gasteiger partial charge in [-0.3, -0.25) is 4.79 Å². The van der Waals surface area contributed by atoms with Gasteiger partial charge in [0.15, 0.2) is 5.82 Å². The van der Waals surface area contributed by atoms with Crippen molar-refractivity contribution in [3.8, 4) is 0 Å². The van der Waals surface area contributed by atoms with Gasteiger partial charge in [-0.15, -0.1) is 0 Å². The van der Waals surface area contributed by atoms with Crippen LogP contribution < -0.4 is 5.32 Å². The SMILES string of the molecule is CCC1CCC(NC(=O)CC(O)(c2nccn2C)C(F)(F)F)CC1. The molecule has 1 aromatic rings. The second-order valence-corrected chi connectivity index (χ2v) is 6.59. The number of amides is 1. The monoisotopic (exact) mass is 347 g/mol. The largest absolute Gasteiger partial charge is 0.425 e. The predicted molar refractivity (Wildman–Crippen MR) is 82.0 cm³/mol. The standard InChI is InChI=1S/C16H24F3N3O2/c1-3-11-4-6-12(7-5-11)21-13(23)10-15(24,16(17,18)19)14-20-8-9-22(14)2/h8-9,11-12,24H,3-7,10H2,1-2H3,(H,21,23). The summed E-state index contributed by atoms with van der Waals surface area (Å²) in [6.07, 6.45) is 0.904. The Hall–Kier alpha value is -1.57. The molecular formula is C16H24F3N3O2. The Balaban J connectivity index is 2.05. The summed E-state index contributed by atoms with van der Waals surface area (Å²) in [5, 5.41) is 12.8. The topological polar surface area (TPSA) is 67.2 Å². The van der Waals surface area contributed by atoms with E-state index in [1.165, 1.54) is 13.2 Å². The summed E-state index contributed by atoms with van der Waals surface area (Å²) in [6.45, 7) is 2.11. The summed E-state index contributed by atoms with van der Waals surface area (Å²) in [7, 11) is 1.35. The minimum absolute atomic E-state index is 0.126. The number of imidazole rings is 1. The van der Waals surface area contributed by atoms with Gasteiger partial charge >= 0.3 is 6.18 Å². The predicted octanol–water partition coefficient (Wildman–Crippen LogP) is 2.65. The molecule has 1 amide bonds. The maximum atomic E-state index is 13.4. The zero-order valence-electron chi connectivity index (χ0n) is 13.9. The van der Waals surface area contributed by atoms with Crippen molar-refractivity contribution in [2.45, 2.75) is 63.3 Å². The lowest BCUT2D eigenvalue weighted by molar-refractivity contribution is -0.271. The third-order valence-electron chi connectivity index (χ3n) is 4.87. The summed E-state index contributed by atoms with van der Waals surface area (Å²) in [5.41, 5.74) is -3.30. The molecule has 24 heavy (non-hydrogen) atoms. The van der Waals surface area contributed by atoms with Gasteiger partial charge in [0, 0.05) is 25.5 Å². The Morgan fingerprint density at radius 3 is 2.46 bits per heavy atom. The van der Waals surface area contributed by atoms with Crippen molar-refractivity contribution in [3.05, 3.63) is 18.2 Å². The van der Waals surface area contributed by atoms with Crippen LogP contribution in [-0.2, 0) is 17.4 Å². The van der Waals surface area contributed by atoms with Gasteiger partial charge in [-0.05, 0) is 31.6 Å². The quantitative estimate of drug-likeness (QED) is 0.860. The number of halogens is 3. The van der Waals surface area contributed by atoms with E-state index in [4.69, 9.17) is 0 Å². The van der Waals surface area contributed by atoms with Crippen LogP contribution in [0.25, 0.3) is 0 Å². The zero-order valence-corrected chi connectivity index (χ0v) is 13.9. The maximum Gasteiger partial charge on any atom is 0.425 e. The first kappa shape index (κ1) is 18.8. The van der Waals surface area contributed by atoms with E-state index in [0.717, 1.165) is 42.9 Å². The Morgan fingerprint density at radius 1 is 1.38 bits per heavy atom. The van der Waals surface area contributed by atoms with Gasteiger partial charge in [0.1, 0.15) is 0 Å². The summed E-state index contributed by atoms with van der Waals surface area (Å²) in [5.74, 6) is -0.768. The average Bonchev–Trinajstić information content (AvgIpc) is 2.93. The van der Waals surface area contributed by atoms with Gasteiger partial charge in [-0.25, -0.2) is 4.98 Å². The van der Waals surface area contributed by atoms with Crippen molar-refractivity contribution in [1.82, 2.24) is 14.9 Å². The Kier molecular flexibility index (Phi) is 5.57. The number of nitrogens with zero attached hydrogens (tertiary/aromatic N) is 2. The first-order valence-corrected chi connectivity index (χ1v) is 8.23. The van der Waals surface area contributed by atoms with Gasteiger partial charge in [0.05, 0.1) is 6.42 Å². The first-order chi connectivity index (χ1) is 11.2. The smallest absolute Gasteiger partial charge is 0.374 e. The zero-order chi connectivity index (χ0) is 18.0. The van der Waals surface area contributed by atoms with E-state index in [9.17, 15) is 23.1 Å². The minimum Gasteiger partial charge on any atom is -0.374 e. The number of aryl methyl sites for hydroxylation is 1. The lowest BCUT2D eigenvalue weighted by atomic mass is 9.84. The molecule has 0 radical (unpaired) electrons. The fraction of sp³-hybridized carbons (Fsp3) is 0.750. The lowest BCUT2D eigenvalue weighted by Gasteiger charge is -2.32. The summed E-state index contributed by atoms with van der Waals surface area (Å²) < 4.78 is 41.3. The second-order valence-electron chi connectivity index (χ2n) is 6.59. The Morgan fingerprint density at radius 2 is 2.00 bits per heavy atom. The van der Waals surface area contributed by atoms with E-state index in [1.54, 1.807) is 0 Å². The van der Waals surface area contributed by atoms with E-state index in [2.05, 4.69) is 17.2 Å². The van der Waals surface area contributed by atoms with Crippen molar-refractivity contribution in [3.63, 3.8) is 0 Å². The number of aliphatic hydroxyl groups is 1. The summed E-state index contributed by atoms with van der Waals surface area (Å²) in [4.78, 5) is 15.7.